The molecule has 0 spiro atoms. The van der Waals surface area contributed by atoms with Crippen LogP contribution in [-0.2, 0) is 44.7 Å². The maximum absolute atomic E-state index is 14.0. The lowest BCUT2D eigenvalue weighted by Crippen LogP contribution is -2.52. The number of hydrogen-bond donors (Lipinski definition) is 2. The molecule has 1 aliphatic heterocycles. The van der Waals surface area contributed by atoms with Crippen molar-refractivity contribution in [3.05, 3.63) is 35.9 Å². The number of carbonyl (C=O) groups excluding carboxylic acids is 5. The summed E-state index contributed by atoms with van der Waals surface area (Å²) in [6.07, 6.45) is 3.19. The van der Waals surface area contributed by atoms with Crippen molar-refractivity contribution in [3.63, 3.8) is 0 Å². The molecule has 2 fully saturated rings. The molecule has 262 valence electrons. The Labute approximate surface area is 278 Å². The van der Waals surface area contributed by atoms with Crippen LogP contribution in [0.3, 0.4) is 0 Å². The predicted molar refractivity (Wildman–Crippen MR) is 174 cm³/mol. The molecule has 0 aromatic heterocycles. The molecule has 1 aromatic carbocycles. The van der Waals surface area contributed by atoms with Gasteiger partial charge in [0.15, 0.2) is 6.04 Å². The highest BCUT2D eigenvalue weighted by Crippen LogP contribution is 2.44. The van der Waals surface area contributed by atoms with Gasteiger partial charge in [-0.1, -0.05) is 43.2 Å². The fraction of sp³-hybridized carbons (Fsp3) is 0.686. The number of esters is 2. The average molecular weight is 660 g/mol. The molecule has 2 N–H and O–H groups in total. The zero-order chi connectivity index (χ0) is 34.8. The summed E-state index contributed by atoms with van der Waals surface area (Å²) >= 11 is 0. The molecule has 12 nitrogen and oxygen atoms in total. The van der Waals surface area contributed by atoms with Crippen LogP contribution in [0.2, 0.25) is 0 Å². The lowest BCUT2D eigenvalue weighted by Gasteiger charge is -2.34. The third-order valence-corrected chi connectivity index (χ3v) is 8.31. The van der Waals surface area contributed by atoms with E-state index >= 15 is 0 Å². The van der Waals surface area contributed by atoms with Crippen LogP contribution in [0.4, 0.5) is 4.79 Å². The Bertz CT molecular complexity index is 1230. The summed E-state index contributed by atoms with van der Waals surface area (Å²) in [5.41, 5.74) is -1.56. The normalized spacial score (nSPS) is 19.0. The summed E-state index contributed by atoms with van der Waals surface area (Å²) < 4.78 is 22.0. The fourth-order valence-electron chi connectivity index (χ4n) is 6.08. The van der Waals surface area contributed by atoms with E-state index in [1.165, 1.54) is 12.0 Å². The third-order valence-electron chi connectivity index (χ3n) is 8.31. The van der Waals surface area contributed by atoms with E-state index in [-0.39, 0.29) is 32.1 Å². The van der Waals surface area contributed by atoms with Gasteiger partial charge in [0.2, 0.25) is 11.8 Å². The summed E-state index contributed by atoms with van der Waals surface area (Å²) in [4.78, 5) is 67.8. The van der Waals surface area contributed by atoms with Crippen molar-refractivity contribution in [3.8, 4) is 0 Å². The first-order chi connectivity index (χ1) is 22.0. The number of methoxy groups -OCH3 is 1. The van der Waals surface area contributed by atoms with Gasteiger partial charge in [-0.2, -0.15) is 0 Å². The van der Waals surface area contributed by atoms with Crippen molar-refractivity contribution >= 4 is 29.8 Å². The van der Waals surface area contributed by atoms with Crippen LogP contribution < -0.4 is 10.6 Å². The molecule has 3 rings (SSSR count). The first-order valence-corrected chi connectivity index (χ1v) is 16.5. The molecule has 0 unspecified atom stereocenters. The number of nitrogens with zero attached hydrogens (tertiary/aromatic N) is 1. The number of carbonyl (C=O) groups is 5. The Morgan fingerprint density at radius 2 is 1.55 bits per heavy atom. The SMILES string of the molecule is COC(=O)[C@H](COCc1ccccc1)NC(=O)C1(C[C@@H](CNC(=O)[C@@H]2CCCN2C(=O)OC(C)(C)C)C(=O)OC(C)(C)C)CCCC1. The Morgan fingerprint density at radius 3 is 2.15 bits per heavy atom. The van der Waals surface area contributed by atoms with E-state index in [4.69, 9.17) is 18.9 Å². The molecule has 1 heterocycles. The number of benzene rings is 1. The van der Waals surface area contributed by atoms with Crippen LogP contribution in [0.5, 0.6) is 0 Å². The predicted octanol–water partition coefficient (Wildman–Crippen LogP) is 4.29. The minimum absolute atomic E-state index is 0.0813. The summed E-state index contributed by atoms with van der Waals surface area (Å²) in [6, 6.07) is 7.69. The molecule has 2 aliphatic rings. The number of rotatable bonds is 13. The molecule has 1 saturated heterocycles. The van der Waals surface area contributed by atoms with Crippen molar-refractivity contribution in [2.75, 3.05) is 26.8 Å². The second kappa shape index (κ2) is 16.4. The topological polar surface area (TPSA) is 150 Å². The number of likely N-dealkylation sites (tertiary alicyclic amines) is 1. The van der Waals surface area contributed by atoms with Gasteiger partial charge in [-0.15, -0.1) is 0 Å². The van der Waals surface area contributed by atoms with Gasteiger partial charge in [-0.3, -0.25) is 19.3 Å². The van der Waals surface area contributed by atoms with Crippen molar-refractivity contribution in [2.45, 2.75) is 116 Å². The van der Waals surface area contributed by atoms with E-state index in [2.05, 4.69) is 10.6 Å². The van der Waals surface area contributed by atoms with E-state index in [0.29, 0.717) is 32.2 Å². The van der Waals surface area contributed by atoms with Gasteiger partial charge < -0.3 is 29.6 Å². The van der Waals surface area contributed by atoms with Gasteiger partial charge in [0, 0.05) is 13.1 Å². The van der Waals surface area contributed by atoms with E-state index in [1.807, 2.05) is 30.3 Å². The molecule has 0 radical (unpaired) electrons. The first kappa shape index (κ1) is 37.8. The second-order valence-corrected chi connectivity index (χ2v) is 14.5. The standard InChI is InChI=1S/C35H53N3O9/c1-33(2,3)46-29(40)25(21-36-28(39)27-16-13-19-38(27)32(43)47-34(4,5)6)20-35(17-11-12-18-35)31(42)37-26(30(41)44-7)23-45-22-24-14-9-8-10-15-24/h8-10,14-15,25-27H,11-13,16-23H2,1-7H3,(H,36,39)(H,37,42)/t25-,26-,27-/m0/s1. The highest BCUT2D eigenvalue weighted by molar-refractivity contribution is 5.89. The molecule has 12 heteroatoms. The summed E-state index contributed by atoms with van der Waals surface area (Å²) in [7, 11) is 1.25. The van der Waals surface area contributed by atoms with Crippen LogP contribution >= 0.6 is 0 Å². The Hall–Kier alpha value is -3.67. The molecule has 1 saturated carbocycles. The average Bonchev–Trinajstić information content (AvgIpc) is 3.68. The van der Waals surface area contributed by atoms with Gasteiger partial charge >= 0.3 is 18.0 Å². The quantitative estimate of drug-likeness (QED) is 0.234. The Kier molecular flexibility index (Phi) is 13.2. The minimum atomic E-state index is -1.05. The maximum atomic E-state index is 14.0. The van der Waals surface area contributed by atoms with Gasteiger partial charge in [-0.05, 0) is 79.2 Å². The largest absolute Gasteiger partial charge is 0.467 e. The van der Waals surface area contributed by atoms with Gasteiger partial charge in [0.25, 0.3) is 0 Å². The summed E-state index contributed by atoms with van der Waals surface area (Å²) in [5, 5.41) is 5.71. The molecule has 1 aromatic rings. The van der Waals surface area contributed by atoms with Gasteiger partial charge in [0.05, 0.1) is 31.7 Å². The highest BCUT2D eigenvalue weighted by atomic mass is 16.6. The molecule has 1 aliphatic carbocycles. The zero-order valence-electron chi connectivity index (χ0n) is 29.0. The number of amides is 3. The van der Waals surface area contributed by atoms with Crippen LogP contribution in [0.15, 0.2) is 30.3 Å². The van der Waals surface area contributed by atoms with E-state index in [0.717, 1.165) is 18.4 Å². The number of nitrogens with one attached hydrogen (secondary N) is 2. The maximum Gasteiger partial charge on any atom is 0.410 e. The van der Waals surface area contributed by atoms with Crippen molar-refractivity contribution in [1.82, 2.24) is 15.5 Å². The second-order valence-electron chi connectivity index (χ2n) is 14.5. The van der Waals surface area contributed by atoms with Crippen LogP contribution in [0.1, 0.15) is 92.1 Å². The van der Waals surface area contributed by atoms with E-state index in [9.17, 15) is 24.0 Å². The smallest absolute Gasteiger partial charge is 0.410 e. The lowest BCUT2D eigenvalue weighted by molar-refractivity contribution is -0.162. The zero-order valence-corrected chi connectivity index (χ0v) is 29.0. The van der Waals surface area contributed by atoms with Crippen molar-refractivity contribution < 1.29 is 42.9 Å². The first-order valence-electron chi connectivity index (χ1n) is 16.5. The molecular formula is C35H53N3O9. The number of ether oxygens (including phenoxy) is 4. The minimum Gasteiger partial charge on any atom is -0.467 e. The van der Waals surface area contributed by atoms with Crippen molar-refractivity contribution in [2.24, 2.45) is 11.3 Å². The monoisotopic (exact) mass is 659 g/mol. The third kappa shape index (κ3) is 11.5. The highest BCUT2D eigenvalue weighted by Gasteiger charge is 2.46. The van der Waals surface area contributed by atoms with Gasteiger partial charge in [-0.25, -0.2) is 9.59 Å². The Morgan fingerprint density at radius 1 is 0.915 bits per heavy atom. The van der Waals surface area contributed by atoms with E-state index in [1.54, 1.807) is 41.5 Å². The summed E-state index contributed by atoms with van der Waals surface area (Å²) in [6.45, 7) is 11.0. The van der Waals surface area contributed by atoms with Crippen LogP contribution in [-0.4, -0.2) is 84.8 Å². The van der Waals surface area contributed by atoms with E-state index < -0.39 is 58.6 Å². The molecule has 0 bridgehead atoms. The fourth-order valence-corrected chi connectivity index (χ4v) is 6.08. The van der Waals surface area contributed by atoms with Crippen molar-refractivity contribution in [1.29, 1.82) is 0 Å². The lowest BCUT2D eigenvalue weighted by atomic mass is 9.76. The Balaban J connectivity index is 1.74. The summed E-state index contributed by atoms with van der Waals surface area (Å²) in [5.74, 6) is -2.80. The molecule has 3 atom stereocenters. The van der Waals surface area contributed by atoms with Crippen LogP contribution in [0, 0.1) is 11.3 Å². The molecular weight excluding hydrogens is 606 g/mol. The molecule has 47 heavy (non-hydrogen) atoms. The van der Waals surface area contributed by atoms with Gasteiger partial charge in [0.1, 0.15) is 17.2 Å². The number of hydrogen-bond acceptors (Lipinski definition) is 9. The molecule has 3 amide bonds. The van der Waals surface area contributed by atoms with Crippen LogP contribution in [0.25, 0.3) is 0 Å².